The summed E-state index contributed by atoms with van der Waals surface area (Å²) in [5.74, 6) is 2.16. The maximum absolute atomic E-state index is 11.7. The van der Waals surface area contributed by atoms with Crippen molar-refractivity contribution in [3.63, 3.8) is 0 Å². The smallest absolute Gasteiger partial charge is 0.225 e. The minimum atomic E-state index is -0.804. The fourth-order valence-corrected chi connectivity index (χ4v) is 5.73. The topological polar surface area (TPSA) is 70.3 Å². The third-order valence-corrected chi connectivity index (χ3v) is 7.22. The van der Waals surface area contributed by atoms with Crippen molar-refractivity contribution in [3.05, 3.63) is 36.2 Å². The second-order valence-corrected chi connectivity index (χ2v) is 9.14. The normalized spacial score (nSPS) is 30.5. The molecule has 2 aromatic heterocycles. The predicted octanol–water partition coefficient (Wildman–Crippen LogP) is 2.32. The van der Waals surface area contributed by atoms with E-state index in [1.807, 2.05) is 30.2 Å². The van der Waals surface area contributed by atoms with E-state index in [2.05, 4.69) is 24.8 Å². The van der Waals surface area contributed by atoms with Crippen molar-refractivity contribution in [1.29, 1.82) is 0 Å². The second kappa shape index (κ2) is 7.69. The molecule has 2 saturated heterocycles. The van der Waals surface area contributed by atoms with Crippen molar-refractivity contribution in [2.75, 3.05) is 31.1 Å². The molecule has 0 amide bonds. The van der Waals surface area contributed by atoms with Crippen LogP contribution < -0.4 is 4.90 Å². The predicted molar refractivity (Wildman–Crippen MR) is 111 cm³/mol. The lowest BCUT2D eigenvalue weighted by atomic mass is 9.65. The van der Waals surface area contributed by atoms with E-state index < -0.39 is 5.60 Å². The third kappa shape index (κ3) is 3.44. The zero-order valence-electron chi connectivity index (χ0n) is 17.4. The van der Waals surface area contributed by atoms with Crippen LogP contribution in [0.1, 0.15) is 49.9 Å². The molecule has 29 heavy (non-hydrogen) atoms. The van der Waals surface area contributed by atoms with E-state index in [1.165, 1.54) is 25.7 Å². The summed E-state index contributed by atoms with van der Waals surface area (Å²) in [7, 11) is 1.99. The first-order valence-corrected chi connectivity index (χ1v) is 11.1. The molecule has 2 atom stereocenters. The number of anilines is 1. The first-order valence-electron chi connectivity index (χ1n) is 11.1. The molecule has 7 heteroatoms. The summed E-state index contributed by atoms with van der Waals surface area (Å²) in [6.07, 6.45) is 14.8. The fourth-order valence-electron chi connectivity index (χ4n) is 5.73. The van der Waals surface area contributed by atoms with E-state index in [4.69, 9.17) is 0 Å². The van der Waals surface area contributed by atoms with Gasteiger partial charge < -0.3 is 14.6 Å². The standard InChI is InChI=1S/C22H32N6O/c1-26-11-8-23-20(26)22(29)18-6-5-7-19(22)16-27(15-18)14-17-12-24-21(25-13-17)28-9-3-2-4-10-28/h8,11-13,18-19,29H,2-7,9-10,14-16H2,1H3/t18-,19-/m0/s1. The summed E-state index contributed by atoms with van der Waals surface area (Å²) in [5, 5.41) is 11.7. The van der Waals surface area contributed by atoms with Crippen molar-refractivity contribution in [1.82, 2.24) is 24.4 Å². The van der Waals surface area contributed by atoms with Crippen LogP contribution in [0.25, 0.3) is 0 Å². The highest BCUT2D eigenvalue weighted by molar-refractivity contribution is 5.30. The van der Waals surface area contributed by atoms with E-state index in [0.29, 0.717) is 0 Å². The van der Waals surface area contributed by atoms with Crippen molar-refractivity contribution < 1.29 is 5.11 Å². The molecule has 0 spiro atoms. The fraction of sp³-hybridized carbons (Fsp3) is 0.682. The first-order chi connectivity index (χ1) is 14.1. The number of aromatic nitrogens is 4. The van der Waals surface area contributed by atoms with Gasteiger partial charge in [-0.05, 0) is 32.1 Å². The van der Waals surface area contributed by atoms with E-state index >= 15 is 0 Å². The number of hydrogen-bond donors (Lipinski definition) is 1. The molecule has 3 aliphatic rings. The Bertz CT molecular complexity index is 814. The molecule has 1 N–H and O–H groups in total. The Hall–Kier alpha value is -1.99. The van der Waals surface area contributed by atoms with Gasteiger partial charge in [-0.2, -0.15) is 0 Å². The minimum absolute atomic E-state index is 0.227. The summed E-state index contributed by atoms with van der Waals surface area (Å²) in [4.78, 5) is 18.6. The van der Waals surface area contributed by atoms with Crippen LogP contribution >= 0.6 is 0 Å². The lowest BCUT2D eigenvalue weighted by Crippen LogP contribution is -2.58. The van der Waals surface area contributed by atoms with Crippen molar-refractivity contribution >= 4 is 5.95 Å². The molecular formula is C22H32N6O. The van der Waals surface area contributed by atoms with Gasteiger partial charge in [0, 0.05) is 82.0 Å². The van der Waals surface area contributed by atoms with Crippen LogP contribution in [-0.2, 0) is 19.2 Å². The maximum atomic E-state index is 11.7. The van der Waals surface area contributed by atoms with Gasteiger partial charge in [-0.1, -0.05) is 6.42 Å². The van der Waals surface area contributed by atoms with Crippen molar-refractivity contribution in [3.8, 4) is 0 Å². The molecule has 2 aromatic rings. The Morgan fingerprint density at radius 2 is 1.69 bits per heavy atom. The van der Waals surface area contributed by atoms with Crippen LogP contribution in [-0.4, -0.2) is 55.7 Å². The van der Waals surface area contributed by atoms with Crippen LogP contribution in [0.2, 0.25) is 0 Å². The van der Waals surface area contributed by atoms with Crippen molar-refractivity contribution in [2.45, 2.75) is 50.7 Å². The molecule has 5 rings (SSSR count). The van der Waals surface area contributed by atoms with Crippen LogP contribution in [0, 0.1) is 11.8 Å². The largest absolute Gasteiger partial charge is 0.381 e. The van der Waals surface area contributed by atoms with E-state index in [0.717, 1.165) is 62.9 Å². The van der Waals surface area contributed by atoms with Crippen LogP contribution in [0.4, 0.5) is 5.95 Å². The van der Waals surface area contributed by atoms with Crippen LogP contribution in [0.5, 0.6) is 0 Å². The lowest BCUT2D eigenvalue weighted by Gasteiger charge is -2.52. The highest BCUT2D eigenvalue weighted by Gasteiger charge is 2.53. The van der Waals surface area contributed by atoms with Gasteiger partial charge in [0.15, 0.2) is 0 Å². The average Bonchev–Trinajstić information content (AvgIpc) is 3.17. The third-order valence-electron chi connectivity index (χ3n) is 7.22. The number of rotatable bonds is 4. The SMILES string of the molecule is Cn1ccnc1C1(O)[C@H]2CCC[C@H]1CN(Cc1cnc(N3CCCCC3)nc1)C2. The number of aliphatic hydroxyl groups is 1. The van der Waals surface area contributed by atoms with E-state index in [1.54, 1.807) is 6.20 Å². The number of likely N-dealkylation sites (tertiary alicyclic amines) is 1. The molecule has 0 unspecified atom stereocenters. The van der Waals surface area contributed by atoms with E-state index in [9.17, 15) is 5.11 Å². The molecule has 2 aliphatic heterocycles. The number of aryl methyl sites for hydroxylation is 1. The Balaban J connectivity index is 1.29. The summed E-state index contributed by atoms with van der Waals surface area (Å²) in [6, 6.07) is 0. The molecular weight excluding hydrogens is 364 g/mol. The summed E-state index contributed by atoms with van der Waals surface area (Å²) in [5.41, 5.74) is 0.355. The van der Waals surface area contributed by atoms with Gasteiger partial charge in [0.1, 0.15) is 11.4 Å². The monoisotopic (exact) mass is 396 g/mol. The van der Waals surface area contributed by atoms with Crippen molar-refractivity contribution in [2.24, 2.45) is 18.9 Å². The van der Waals surface area contributed by atoms with E-state index in [-0.39, 0.29) is 11.8 Å². The number of fused-ring (bicyclic) bond motifs is 2. The van der Waals surface area contributed by atoms with Gasteiger partial charge in [-0.3, -0.25) is 4.90 Å². The molecule has 3 fully saturated rings. The zero-order chi connectivity index (χ0) is 19.8. The van der Waals surface area contributed by atoms with Gasteiger partial charge in [0.05, 0.1) is 0 Å². The minimum Gasteiger partial charge on any atom is -0.381 e. The molecule has 4 heterocycles. The molecule has 1 aliphatic carbocycles. The van der Waals surface area contributed by atoms with Gasteiger partial charge in [-0.25, -0.2) is 15.0 Å². The molecule has 0 radical (unpaired) electrons. The molecule has 2 bridgehead atoms. The summed E-state index contributed by atoms with van der Waals surface area (Å²) in [6.45, 7) is 4.78. The van der Waals surface area contributed by atoms with Gasteiger partial charge in [-0.15, -0.1) is 0 Å². The average molecular weight is 397 g/mol. The zero-order valence-corrected chi connectivity index (χ0v) is 17.4. The highest BCUT2D eigenvalue weighted by Crippen LogP contribution is 2.48. The number of piperidine rings is 2. The van der Waals surface area contributed by atoms with Gasteiger partial charge in [0.25, 0.3) is 0 Å². The summed E-state index contributed by atoms with van der Waals surface area (Å²) < 4.78 is 1.99. The van der Waals surface area contributed by atoms with Gasteiger partial charge in [0.2, 0.25) is 5.95 Å². The Kier molecular flexibility index (Phi) is 5.04. The maximum Gasteiger partial charge on any atom is 0.225 e. The molecule has 7 nitrogen and oxygen atoms in total. The number of imidazole rings is 1. The highest BCUT2D eigenvalue weighted by atomic mass is 16.3. The Morgan fingerprint density at radius 1 is 1.00 bits per heavy atom. The molecule has 0 aromatic carbocycles. The lowest BCUT2D eigenvalue weighted by molar-refractivity contribution is -0.155. The molecule has 1 saturated carbocycles. The molecule has 156 valence electrons. The van der Waals surface area contributed by atoms with Crippen LogP contribution in [0.15, 0.2) is 24.8 Å². The quantitative estimate of drug-likeness (QED) is 0.855. The second-order valence-electron chi connectivity index (χ2n) is 9.14. The Labute approximate surface area is 172 Å². The summed E-state index contributed by atoms with van der Waals surface area (Å²) >= 11 is 0. The Morgan fingerprint density at radius 3 is 2.31 bits per heavy atom. The van der Waals surface area contributed by atoms with Crippen LogP contribution in [0.3, 0.4) is 0 Å². The number of nitrogens with zero attached hydrogens (tertiary/aromatic N) is 6. The first kappa shape index (κ1) is 19.0. The number of hydrogen-bond acceptors (Lipinski definition) is 6. The van der Waals surface area contributed by atoms with Gasteiger partial charge >= 0.3 is 0 Å².